The van der Waals surface area contributed by atoms with Crippen molar-refractivity contribution in [2.75, 3.05) is 14.2 Å². The number of rotatable bonds is 5. The van der Waals surface area contributed by atoms with Gasteiger partial charge in [-0.05, 0) is 31.0 Å². The fourth-order valence-electron chi connectivity index (χ4n) is 2.83. The fraction of sp³-hybridized carbons (Fsp3) is 0.200. The highest BCUT2D eigenvalue weighted by molar-refractivity contribution is 7.97. The molecule has 1 N–H and O–H groups in total. The summed E-state index contributed by atoms with van der Waals surface area (Å²) in [6.07, 6.45) is 0. The molecule has 0 saturated heterocycles. The number of hydrogen-bond donors (Lipinski definition) is 1. The molecule has 2 aromatic rings. The predicted molar refractivity (Wildman–Crippen MR) is 102 cm³/mol. The Morgan fingerprint density at radius 1 is 1.08 bits per heavy atom. The van der Waals surface area contributed by atoms with Crippen molar-refractivity contribution in [2.24, 2.45) is 0 Å². The summed E-state index contributed by atoms with van der Waals surface area (Å²) in [6.45, 7) is 1.68. The molecule has 1 heterocycles. The summed E-state index contributed by atoms with van der Waals surface area (Å²) in [5.41, 5.74) is 1.83. The van der Waals surface area contributed by atoms with Gasteiger partial charge in [-0.25, -0.2) is 0 Å². The van der Waals surface area contributed by atoms with Gasteiger partial charge in [0, 0.05) is 23.1 Å². The smallest absolute Gasteiger partial charge is 0.272 e. The zero-order chi connectivity index (χ0) is 18.7. The number of ether oxygens (including phenoxy) is 1. The van der Waals surface area contributed by atoms with E-state index in [-0.39, 0.29) is 11.7 Å². The molecule has 0 saturated carbocycles. The number of benzene rings is 2. The molecule has 1 amide bonds. The van der Waals surface area contributed by atoms with Crippen LogP contribution in [0, 0.1) is 0 Å². The molecule has 0 radical (unpaired) electrons. The van der Waals surface area contributed by atoms with E-state index in [4.69, 9.17) is 4.74 Å². The number of methoxy groups -OCH3 is 1. The van der Waals surface area contributed by atoms with Gasteiger partial charge in [0.2, 0.25) is 0 Å². The monoisotopic (exact) mass is 368 g/mol. The SMILES string of the molecule is COC1=C(C(=O)N[C@@H](C)C(=O)c2ccccc2)N(C)Sc2ccccc21. The maximum Gasteiger partial charge on any atom is 0.272 e. The van der Waals surface area contributed by atoms with Crippen molar-refractivity contribution in [1.29, 1.82) is 0 Å². The highest BCUT2D eigenvalue weighted by Gasteiger charge is 2.30. The van der Waals surface area contributed by atoms with Gasteiger partial charge in [0.05, 0.1) is 13.2 Å². The first kappa shape index (κ1) is 18.1. The molecule has 0 fully saturated rings. The first-order chi connectivity index (χ1) is 12.5. The Morgan fingerprint density at radius 3 is 2.42 bits per heavy atom. The van der Waals surface area contributed by atoms with Gasteiger partial charge in [-0.15, -0.1) is 0 Å². The molecule has 0 aromatic heterocycles. The second-order valence-electron chi connectivity index (χ2n) is 5.89. The van der Waals surface area contributed by atoms with Crippen LogP contribution in [-0.4, -0.2) is 36.2 Å². The number of nitrogens with one attached hydrogen (secondary N) is 1. The fourth-order valence-corrected chi connectivity index (χ4v) is 3.78. The largest absolute Gasteiger partial charge is 0.494 e. The minimum atomic E-state index is -0.647. The molecule has 26 heavy (non-hydrogen) atoms. The third kappa shape index (κ3) is 3.46. The van der Waals surface area contributed by atoms with Crippen LogP contribution in [0.15, 0.2) is 65.2 Å². The van der Waals surface area contributed by atoms with Gasteiger partial charge in [0.25, 0.3) is 5.91 Å². The molecule has 0 aliphatic carbocycles. The van der Waals surface area contributed by atoms with Gasteiger partial charge >= 0.3 is 0 Å². The molecule has 134 valence electrons. The number of carbonyl (C=O) groups is 2. The number of likely N-dealkylation sites (N-methyl/N-ethyl adjacent to an activating group) is 1. The van der Waals surface area contributed by atoms with E-state index in [0.717, 1.165) is 10.5 Å². The number of carbonyl (C=O) groups excluding carboxylic acids is 2. The van der Waals surface area contributed by atoms with E-state index in [2.05, 4.69) is 5.32 Å². The molecular formula is C20H20N2O3S. The van der Waals surface area contributed by atoms with Crippen molar-refractivity contribution in [1.82, 2.24) is 9.62 Å². The Morgan fingerprint density at radius 2 is 1.73 bits per heavy atom. The van der Waals surface area contributed by atoms with Crippen LogP contribution in [0.25, 0.3) is 5.76 Å². The first-order valence-corrected chi connectivity index (χ1v) is 8.99. The van der Waals surface area contributed by atoms with Crippen LogP contribution in [0.2, 0.25) is 0 Å². The summed E-state index contributed by atoms with van der Waals surface area (Å²) in [5.74, 6) is 0.0203. The third-order valence-corrected chi connectivity index (χ3v) is 5.12. The normalized spacial score (nSPS) is 14.5. The van der Waals surface area contributed by atoms with E-state index < -0.39 is 6.04 Å². The van der Waals surface area contributed by atoms with E-state index in [1.807, 2.05) is 30.3 Å². The van der Waals surface area contributed by atoms with Gasteiger partial charge < -0.3 is 14.4 Å². The lowest BCUT2D eigenvalue weighted by atomic mass is 10.1. The predicted octanol–water partition coefficient (Wildman–Crippen LogP) is 3.34. The highest BCUT2D eigenvalue weighted by Crippen LogP contribution is 2.39. The van der Waals surface area contributed by atoms with E-state index in [1.54, 1.807) is 49.7 Å². The number of ketones is 1. The number of hydrogen-bond acceptors (Lipinski definition) is 5. The Labute approximate surface area is 157 Å². The molecule has 6 heteroatoms. The molecule has 1 aliphatic heterocycles. The summed E-state index contributed by atoms with van der Waals surface area (Å²) in [5, 5.41) is 2.79. The Balaban J connectivity index is 1.86. The third-order valence-electron chi connectivity index (χ3n) is 4.12. The average molecular weight is 368 g/mol. The lowest BCUT2D eigenvalue weighted by Gasteiger charge is -2.29. The van der Waals surface area contributed by atoms with Crippen molar-refractivity contribution in [3.8, 4) is 0 Å². The number of Topliss-reactive ketones (excluding diaryl/α,β-unsaturated/α-hetero) is 1. The quantitative estimate of drug-likeness (QED) is 0.648. The summed E-state index contributed by atoms with van der Waals surface area (Å²) in [4.78, 5) is 26.4. The summed E-state index contributed by atoms with van der Waals surface area (Å²) >= 11 is 1.45. The Kier molecular flexibility index (Phi) is 5.32. The van der Waals surface area contributed by atoms with Crippen molar-refractivity contribution in [2.45, 2.75) is 17.9 Å². The van der Waals surface area contributed by atoms with Crippen LogP contribution in [-0.2, 0) is 9.53 Å². The lowest BCUT2D eigenvalue weighted by molar-refractivity contribution is -0.118. The van der Waals surface area contributed by atoms with Crippen molar-refractivity contribution in [3.63, 3.8) is 0 Å². The number of fused-ring (bicyclic) bond motifs is 1. The molecule has 0 spiro atoms. The van der Waals surface area contributed by atoms with Crippen molar-refractivity contribution >= 4 is 29.4 Å². The number of amides is 1. The lowest BCUT2D eigenvalue weighted by Crippen LogP contribution is -2.42. The van der Waals surface area contributed by atoms with Crippen molar-refractivity contribution < 1.29 is 14.3 Å². The van der Waals surface area contributed by atoms with Gasteiger partial charge in [-0.1, -0.05) is 42.5 Å². The molecule has 0 bridgehead atoms. The van der Waals surface area contributed by atoms with Gasteiger partial charge in [0.15, 0.2) is 17.2 Å². The summed E-state index contributed by atoms with van der Waals surface area (Å²) in [6, 6.07) is 16.0. The van der Waals surface area contributed by atoms with Gasteiger partial charge in [-0.3, -0.25) is 9.59 Å². The van der Waals surface area contributed by atoms with Gasteiger partial charge in [0.1, 0.15) is 0 Å². The van der Waals surface area contributed by atoms with Crippen LogP contribution in [0.3, 0.4) is 0 Å². The maximum absolute atomic E-state index is 12.9. The standard InChI is InChI=1S/C20H20N2O3S/c1-13(18(23)14-9-5-4-6-10-14)21-20(24)17-19(25-3)15-11-7-8-12-16(15)26-22(17)2/h4-13H,1-3H3,(H,21,24)/t13-/m0/s1. The van der Waals surface area contributed by atoms with Gasteiger partial charge in [-0.2, -0.15) is 0 Å². The van der Waals surface area contributed by atoms with E-state index in [0.29, 0.717) is 17.0 Å². The van der Waals surface area contributed by atoms with Crippen LogP contribution >= 0.6 is 11.9 Å². The summed E-state index contributed by atoms with van der Waals surface area (Å²) in [7, 11) is 3.35. The van der Waals surface area contributed by atoms with E-state index in [1.165, 1.54) is 11.9 Å². The maximum atomic E-state index is 12.9. The minimum Gasteiger partial charge on any atom is -0.494 e. The zero-order valence-corrected chi connectivity index (χ0v) is 15.7. The molecule has 5 nitrogen and oxygen atoms in total. The highest BCUT2D eigenvalue weighted by atomic mass is 32.2. The topological polar surface area (TPSA) is 58.6 Å². The molecule has 3 rings (SSSR count). The van der Waals surface area contributed by atoms with Crippen LogP contribution in [0.4, 0.5) is 0 Å². The molecular weight excluding hydrogens is 348 g/mol. The Bertz CT molecular complexity index is 864. The number of nitrogens with zero attached hydrogens (tertiary/aromatic N) is 1. The van der Waals surface area contributed by atoms with Crippen LogP contribution in [0.5, 0.6) is 0 Å². The van der Waals surface area contributed by atoms with Crippen LogP contribution in [0.1, 0.15) is 22.8 Å². The average Bonchev–Trinajstić information content (AvgIpc) is 2.66. The summed E-state index contributed by atoms with van der Waals surface area (Å²) < 4.78 is 7.29. The van der Waals surface area contributed by atoms with Crippen LogP contribution < -0.4 is 5.32 Å². The molecule has 1 atom stereocenters. The molecule has 1 aliphatic rings. The molecule has 2 aromatic carbocycles. The second-order valence-corrected chi connectivity index (χ2v) is 7.06. The minimum absolute atomic E-state index is 0.134. The van der Waals surface area contributed by atoms with E-state index >= 15 is 0 Å². The Hall–Kier alpha value is -2.73. The molecule has 0 unspecified atom stereocenters. The first-order valence-electron chi connectivity index (χ1n) is 8.22. The second kappa shape index (κ2) is 7.66. The van der Waals surface area contributed by atoms with Crippen molar-refractivity contribution in [3.05, 3.63) is 71.4 Å². The zero-order valence-electron chi connectivity index (χ0n) is 14.9. The van der Waals surface area contributed by atoms with E-state index in [9.17, 15) is 9.59 Å².